The van der Waals surface area contributed by atoms with Crippen molar-refractivity contribution in [2.24, 2.45) is 0 Å². The standard InChI is InChI=1S/C21H32N4O4S/c1-16-8-9-19(14-17(16)2)30(28,29)25-12-10-24(11-13-25)15-20(26)23-21(27)22-18-6-4-3-5-7-18/h8-9,14,18H,3-7,10-13,15H2,1-2H3,(H2,22,23,26,27)/p+1. The molecule has 1 saturated heterocycles. The Morgan fingerprint density at radius 3 is 2.37 bits per heavy atom. The minimum atomic E-state index is -3.53. The Hall–Kier alpha value is -1.97. The van der Waals surface area contributed by atoms with E-state index in [0.29, 0.717) is 31.1 Å². The Balaban J connectivity index is 1.46. The molecule has 2 aliphatic rings. The fraction of sp³-hybridized carbons (Fsp3) is 0.619. The lowest BCUT2D eigenvalue weighted by Crippen LogP contribution is -3.15. The van der Waals surface area contributed by atoms with Gasteiger partial charge < -0.3 is 10.2 Å². The molecule has 0 aromatic heterocycles. The molecule has 3 N–H and O–H groups in total. The summed E-state index contributed by atoms with van der Waals surface area (Å²) in [6.07, 6.45) is 5.34. The van der Waals surface area contributed by atoms with Gasteiger partial charge in [-0.25, -0.2) is 13.2 Å². The minimum Gasteiger partial charge on any atom is -0.335 e. The lowest BCUT2D eigenvalue weighted by molar-refractivity contribution is -0.895. The fourth-order valence-corrected chi connectivity index (χ4v) is 5.64. The molecule has 1 aromatic rings. The monoisotopic (exact) mass is 437 g/mol. The molecule has 166 valence electrons. The molecular weight excluding hydrogens is 404 g/mol. The number of carbonyl (C=O) groups is 2. The van der Waals surface area contributed by atoms with Gasteiger partial charge in [0.2, 0.25) is 10.0 Å². The molecule has 30 heavy (non-hydrogen) atoms. The topological polar surface area (TPSA) is 100 Å². The molecule has 8 nitrogen and oxygen atoms in total. The first-order valence-corrected chi connectivity index (χ1v) is 12.2. The van der Waals surface area contributed by atoms with Crippen LogP contribution in [0.2, 0.25) is 0 Å². The van der Waals surface area contributed by atoms with Crippen LogP contribution < -0.4 is 15.5 Å². The van der Waals surface area contributed by atoms with Gasteiger partial charge in [-0.3, -0.25) is 10.1 Å². The third-order valence-corrected chi connectivity index (χ3v) is 8.04. The highest BCUT2D eigenvalue weighted by molar-refractivity contribution is 7.89. The third kappa shape index (κ3) is 5.80. The van der Waals surface area contributed by atoms with E-state index >= 15 is 0 Å². The maximum atomic E-state index is 12.9. The Bertz CT molecular complexity index is 873. The largest absolute Gasteiger partial charge is 0.335 e. The summed E-state index contributed by atoms with van der Waals surface area (Å²) < 4.78 is 27.3. The maximum absolute atomic E-state index is 12.9. The number of aryl methyl sites for hydroxylation is 2. The van der Waals surface area contributed by atoms with Crippen molar-refractivity contribution >= 4 is 22.0 Å². The van der Waals surface area contributed by atoms with Crippen molar-refractivity contribution in [2.75, 3.05) is 32.7 Å². The van der Waals surface area contributed by atoms with Crippen molar-refractivity contribution in [3.63, 3.8) is 0 Å². The summed E-state index contributed by atoms with van der Waals surface area (Å²) in [6.45, 7) is 5.78. The Labute approximate surface area is 179 Å². The van der Waals surface area contributed by atoms with Crippen molar-refractivity contribution in [3.05, 3.63) is 29.3 Å². The van der Waals surface area contributed by atoms with E-state index in [9.17, 15) is 18.0 Å². The summed E-state index contributed by atoms with van der Waals surface area (Å²) in [7, 11) is -3.53. The van der Waals surface area contributed by atoms with Gasteiger partial charge in [-0.2, -0.15) is 4.31 Å². The number of amides is 3. The molecule has 1 saturated carbocycles. The molecule has 1 heterocycles. The molecule has 1 aromatic carbocycles. The number of quaternary nitrogens is 1. The Morgan fingerprint density at radius 2 is 1.73 bits per heavy atom. The van der Waals surface area contributed by atoms with Gasteiger partial charge in [-0.1, -0.05) is 25.3 Å². The van der Waals surface area contributed by atoms with Crippen LogP contribution in [0.3, 0.4) is 0 Å². The maximum Gasteiger partial charge on any atom is 0.321 e. The van der Waals surface area contributed by atoms with Gasteiger partial charge in [0.1, 0.15) is 0 Å². The highest BCUT2D eigenvalue weighted by Gasteiger charge is 2.31. The van der Waals surface area contributed by atoms with E-state index in [2.05, 4.69) is 10.6 Å². The van der Waals surface area contributed by atoms with Gasteiger partial charge in [0, 0.05) is 6.04 Å². The van der Waals surface area contributed by atoms with E-state index in [4.69, 9.17) is 0 Å². The van der Waals surface area contributed by atoms with Crippen LogP contribution in [-0.2, 0) is 14.8 Å². The molecular formula is C21H33N4O4S+. The predicted octanol–water partition coefficient (Wildman–Crippen LogP) is 0.351. The highest BCUT2D eigenvalue weighted by Crippen LogP contribution is 2.19. The summed E-state index contributed by atoms with van der Waals surface area (Å²) in [5.41, 5.74) is 2.00. The molecule has 0 atom stereocenters. The van der Waals surface area contributed by atoms with Crippen LogP contribution in [0.5, 0.6) is 0 Å². The number of hydrogen-bond donors (Lipinski definition) is 3. The number of hydrogen-bond acceptors (Lipinski definition) is 4. The number of rotatable bonds is 5. The van der Waals surface area contributed by atoms with Crippen LogP contribution >= 0.6 is 0 Å². The van der Waals surface area contributed by atoms with Gasteiger partial charge in [0.05, 0.1) is 31.1 Å². The number of nitrogens with zero attached hydrogens (tertiary/aromatic N) is 1. The normalized spacial score (nSPS) is 19.4. The van der Waals surface area contributed by atoms with Crippen LogP contribution in [0.1, 0.15) is 43.2 Å². The van der Waals surface area contributed by atoms with Crippen molar-refractivity contribution in [1.82, 2.24) is 14.9 Å². The molecule has 0 radical (unpaired) electrons. The van der Waals surface area contributed by atoms with Crippen LogP contribution in [-0.4, -0.2) is 63.4 Å². The van der Waals surface area contributed by atoms with E-state index < -0.39 is 16.1 Å². The summed E-state index contributed by atoms with van der Waals surface area (Å²) in [4.78, 5) is 25.5. The van der Waals surface area contributed by atoms with Crippen molar-refractivity contribution < 1.29 is 22.9 Å². The third-order valence-electron chi connectivity index (χ3n) is 6.15. The summed E-state index contributed by atoms with van der Waals surface area (Å²) >= 11 is 0. The Morgan fingerprint density at radius 1 is 1.07 bits per heavy atom. The first-order chi connectivity index (χ1) is 14.3. The lowest BCUT2D eigenvalue weighted by atomic mass is 9.96. The van der Waals surface area contributed by atoms with Crippen LogP contribution in [0.4, 0.5) is 4.79 Å². The molecule has 2 fully saturated rings. The second-order valence-corrected chi connectivity index (χ2v) is 10.4. The van der Waals surface area contributed by atoms with E-state index in [1.807, 2.05) is 19.9 Å². The zero-order valence-corrected chi connectivity index (χ0v) is 18.7. The zero-order valence-electron chi connectivity index (χ0n) is 17.9. The molecule has 9 heteroatoms. The lowest BCUT2D eigenvalue weighted by Gasteiger charge is -2.31. The SMILES string of the molecule is Cc1ccc(S(=O)(=O)N2CC[NH+](CC(=O)NC(=O)NC3CCCCC3)CC2)cc1C. The predicted molar refractivity (Wildman–Crippen MR) is 114 cm³/mol. The quantitative estimate of drug-likeness (QED) is 0.619. The fourth-order valence-electron chi connectivity index (χ4n) is 4.11. The van der Waals surface area contributed by atoms with Gasteiger partial charge in [0.15, 0.2) is 6.54 Å². The van der Waals surface area contributed by atoms with Crippen molar-refractivity contribution in [1.29, 1.82) is 0 Å². The van der Waals surface area contributed by atoms with Gasteiger partial charge >= 0.3 is 6.03 Å². The van der Waals surface area contributed by atoms with E-state index in [-0.39, 0.29) is 18.5 Å². The van der Waals surface area contributed by atoms with Gasteiger partial charge in [0.25, 0.3) is 5.91 Å². The summed E-state index contributed by atoms with van der Waals surface area (Å²) in [6, 6.07) is 4.91. The average molecular weight is 438 g/mol. The molecule has 1 aliphatic heterocycles. The average Bonchev–Trinajstić information content (AvgIpc) is 2.71. The van der Waals surface area contributed by atoms with Crippen molar-refractivity contribution in [3.8, 4) is 0 Å². The first-order valence-electron chi connectivity index (χ1n) is 10.8. The smallest absolute Gasteiger partial charge is 0.321 e. The Kier molecular flexibility index (Phi) is 7.49. The van der Waals surface area contributed by atoms with E-state index in [0.717, 1.165) is 41.7 Å². The van der Waals surface area contributed by atoms with Crippen LogP contribution in [0, 0.1) is 13.8 Å². The first kappa shape index (κ1) is 22.7. The molecule has 0 unspecified atom stereocenters. The van der Waals surface area contributed by atoms with Gasteiger partial charge in [-0.05, 0) is 49.9 Å². The summed E-state index contributed by atoms with van der Waals surface area (Å²) in [5.74, 6) is -0.330. The van der Waals surface area contributed by atoms with Crippen LogP contribution in [0.15, 0.2) is 23.1 Å². The number of sulfonamides is 1. The second-order valence-electron chi connectivity index (χ2n) is 8.43. The number of imide groups is 1. The minimum absolute atomic E-state index is 0.151. The van der Waals surface area contributed by atoms with Crippen LogP contribution in [0.25, 0.3) is 0 Å². The molecule has 1 aliphatic carbocycles. The van der Waals surface area contributed by atoms with Gasteiger partial charge in [-0.15, -0.1) is 0 Å². The number of piperazine rings is 1. The van der Waals surface area contributed by atoms with E-state index in [1.54, 1.807) is 12.1 Å². The number of urea groups is 1. The molecule has 0 spiro atoms. The zero-order chi connectivity index (χ0) is 21.7. The number of carbonyl (C=O) groups excluding carboxylic acids is 2. The number of benzene rings is 1. The number of nitrogens with one attached hydrogen (secondary N) is 3. The second kappa shape index (κ2) is 9.89. The summed E-state index contributed by atoms with van der Waals surface area (Å²) in [5, 5.41) is 5.28. The molecule has 3 amide bonds. The molecule has 3 rings (SSSR count). The van der Waals surface area contributed by atoms with E-state index in [1.165, 1.54) is 10.7 Å². The molecule has 0 bridgehead atoms. The highest BCUT2D eigenvalue weighted by atomic mass is 32.2. The van der Waals surface area contributed by atoms with Crippen molar-refractivity contribution in [2.45, 2.75) is 56.9 Å².